The maximum Gasteiger partial charge on any atom is 0.213 e. The zero-order chi connectivity index (χ0) is 10.1. The molecule has 1 rings (SSSR count). The van der Waals surface area contributed by atoms with Gasteiger partial charge in [0.1, 0.15) is 0 Å². The molecule has 0 aromatic carbocycles. The van der Waals surface area contributed by atoms with Gasteiger partial charge in [0.15, 0.2) is 0 Å². The molecule has 0 spiro atoms. The third-order valence-corrected chi connectivity index (χ3v) is 2.00. The van der Waals surface area contributed by atoms with Crippen LogP contribution in [0.3, 0.4) is 0 Å². The molecule has 1 aromatic rings. The third-order valence-electron chi connectivity index (χ3n) is 2.00. The Balaban J connectivity index is 3.16. The average molecular weight is 184 g/mol. The Kier molecular flexibility index (Phi) is 2.63. The highest BCUT2D eigenvalue weighted by molar-refractivity contribution is 5.26. The molecule has 0 fully saturated rings. The fraction of sp³-hybridized carbons (Fsp3) is 0.444. The van der Waals surface area contributed by atoms with E-state index in [1.165, 1.54) is 6.07 Å². The van der Waals surface area contributed by atoms with E-state index in [4.69, 9.17) is 10.8 Å². The molecule has 0 bridgehead atoms. The molecule has 0 radical (unpaired) electrons. The molecule has 3 nitrogen and oxygen atoms in total. The van der Waals surface area contributed by atoms with Gasteiger partial charge in [-0.1, -0.05) is 6.07 Å². The summed E-state index contributed by atoms with van der Waals surface area (Å²) in [6.07, 6.45) is 0. The quantitative estimate of drug-likeness (QED) is 0.665. The van der Waals surface area contributed by atoms with Gasteiger partial charge in [-0.25, -0.2) is 4.98 Å². The molecule has 1 atom stereocenters. The van der Waals surface area contributed by atoms with Gasteiger partial charge in [-0.15, -0.1) is 0 Å². The van der Waals surface area contributed by atoms with Crippen LogP contribution < -0.4 is 5.73 Å². The molecule has 0 amide bonds. The number of hydrogen-bond donors (Lipinski definition) is 2. The lowest BCUT2D eigenvalue weighted by Gasteiger charge is -2.23. The van der Waals surface area contributed by atoms with Gasteiger partial charge in [0.2, 0.25) is 5.95 Å². The van der Waals surface area contributed by atoms with Crippen LogP contribution in [0.4, 0.5) is 4.39 Å². The molecule has 1 aromatic heterocycles. The molecule has 0 aliphatic carbocycles. The van der Waals surface area contributed by atoms with Gasteiger partial charge in [-0.3, -0.25) is 0 Å². The van der Waals surface area contributed by atoms with E-state index >= 15 is 0 Å². The van der Waals surface area contributed by atoms with Crippen LogP contribution in [-0.2, 0) is 5.54 Å². The lowest BCUT2D eigenvalue weighted by molar-refractivity contribution is 0.209. The molecule has 0 saturated carbocycles. The summed E-state index contributed by atoms with van der Waals surface area (Å²) >= 11 is 0. The van der Waals surface area contributed by atoms with Gasteiger partial charge >= 0.3 is 0 Å². The second-order valence-electron chi connectivity index (χ2n) is 3.34. The number of aliphatic hydroxyl groups excluding tert-OH is 1. The SMILES string of the molecule is Cc1nc(F)ccc1C(C)(N)CO. The van der Waals surface area contributed by atoms with Crippen molar-refractivity contribution in [1.29, 1.82) is 0 Å². The van der Waals surface area contributed by atoms with Gasteiger partial charge in [0.05, 0.1) is 12.1 Å². The summed E-state index contributed by atoms with van der Waals surface area (Å²) in [5.41, 5.74) is 6.10. The first-order chi connectivity index (χ1) is 5.97. The Labute approximate surface area is 76.4 Å². The number of hydrogen-bond acceptors (Lipinski definition) is 3. The maximum absolute atomic E-state index is 12.6. The summed E-state index contributed by atoms with van der Waals surface area (Å²) in [5, 5.41) is 8.99. The van der Waals surface area contributed by atoms with Gasteiger partial charge in [-0.05, 0) is 25.5 Å². The molecule has 4 heteroatoms. The van der Waals surface area contributed by atoms with Crippen molar-refractivity contribution in [3.05, 3.63) is 29.3 Å². The van der Waals surface area contributed by atoms with Crippen LogP contribution >= 0.6 is 0 Å². The van der Waals surface area contributed by atoms with E-state index in [-0.39, 0.29) is 6.61 Å². The Morgan fingerprint density at radius 3 is 2.69 bits per heavy atom. The van der Waals surface area contributed by atoms with Crippen LogP contribution in [0.5, 0.6) is 0 Å². The summed E-state index contributed by atoms with van der Waals surface area (Å²) in [7, 11) is 0. The van der Waals surface area contributed by atoms with Crippen LogP contribution in [0.15, 0.2) is 12.1 Å². The average Bonchev–Trinajstić information content (AvgIpc) is 2.03. The van der Waals surface area contributed by atoms with E-state index in [2.05, 4.69) is 4.98 Å². The minimum absolute atomic E-state index is 0.193. The van der Waals surface area contributed by atoms with Gasteiger partial charge < -0.3 is 10.8 Å². The van der Waals surface area contributed by atoms with Gasteiger partial charge in [-0.2, -0.15) is 4.39 Å². The molecule has 0 saturated heterocycles. The molecular formula is C9H13FN2O. The second-order valence-corrected chi connectivity index (χ2v) is 3.34. The monoisotopic (exact) mass is 184 g/mol. The van der Waals surface area contributed by atoms with E-state index < -0.39 is 11.5 Å². The maximum atomic E-state index is 12.6. The highest BCUT2D eigenvalue weighted by Gasteiger charge is 2.22. The predicted molar refractivity (Wildman–Crippen MR) is 47.6 cm³/mol. The number of halogens is 1. The van der Waals surface area contributed by atoms with E-state index in [1.807, 2.05) is 0 Å². The number of rotatable bonds is 2. The van der Waals surface area contributed by atoms with E-state index in [0.29, 0.717) is 11.3 Å². The molecule has 1 unspecified atom stereocenters. The minimum Gasteiger partial charge on any atom is -0.394 e. The minimum atomic E-state index is -0.856. The Morgan fingerprint density at radius 2 is 2.23 bits per heavy atom. The fourth-order valence-corrected chi connectivity index (χ4v) is 1.22. The van der Waals surface area contributed by atoms with Crippen molar-refractivity contribution in [2.24, 2.45) is 5.73 Å². The van der Waals surface area contributed by atoms with Crippen molar-refractivity contribution >= 4 is 0 Å². The van der Waals surface area contributed by atoms with Crippen molar-refractivity contribution in [3.8, 4) is 0 Å². The molecule has 0 aliphatic rings. The van der Waals surface area contributed by atoms with E-state index in [9.17, 15) is 4.39 Å². The number of pyridine rings is 1. The largest absolute Gasteiger partial charge is 0.394 e. The smallest absolute Gasteiger partial charge is 0.213 e. The number of nitrogens with two attached hydrogens (primary N) is 1. The zero-order valence-corrected chi connectivity index (χ0v) is 7.71. The van der Waals surface area contributed by atoms with Crippen molar-refractivity contribution < 1.29 is 9.50 Å². The van der Waals surface area contributed by atoms with Crippen molar-refractivity contribution in [2.75, 3.05) is 6.61 Å². The van der Waals surface area contributed by atoms with Crippen molar-refractivity contribution in [1.82, 2.24) is 4.98 Å². The summed E-state index contributed by atoms with van der Waals surface area (Å²) < 4.78 is 12.6. The van der Waals surface area contributed by atoms with E-state index in [0.717, 1.165) is 0 Å². The van der Waals surface area contributed by atoms with Gasteiger partial charge in [0, 0.05) is 5.69 Å². The molecule has 0 aliphatic heterocycles. The number of aliphatic hydroxyl groups is 1. The Bertz CT molecular complexity index is 312. The summed E-state index contributed by atoms with van der Waals surface area (Å²) in [4.78, 5) is 3.63. The molecule has 13 heavy (non-hydrogen) atoms. The van der Waals surface area contributed by atoms with Crippen LogP contribution in [0, 0.1) is 12.9 Å². The predicted octanol–water partition coefficient (Wildman–Crippen LogP) is 0.695. The van der Waals surface area contributed by atoms with Gasteiger partial charge in [0.25, 0.3) is 0 Å². The summed E-state index contributed by atoms with van der Waals surface area (Å²) in [6.45, 7) is 3.15. The second kappa shape index (κ2) is 3.40. The number of aryl methyl sites for hydroxylation is 1. The van der Waals surface area contributed by atoms with Crippen LogP contribution in [0.1, 0.15) is 18.2 Å². The first kappa shape index (κ1) is 10.1. The van der Waals surface area contributed by atoms with Crippen LogP contribution in [0.2, 0.25) is 0 Å². The number of nitrogens with zero attached hydrogens (tertiary/aromatic N) is 1. The molecule has 72 valence electrons. The first-order valence-corrected chi connectivity index (χ1v) is 4.01. The molecular weight excluding hydrogens is 171 g/mol. The molecule has 1 heterocycles. The number of aromatic nitrogens is 1. The fourth-order valence-electron chi connectivity index (χ4n) is 1.22. The van der Waals surface area contributed by atoms with Crippen molar-refractivity contribution in [2.45, 2.75) is 19.4 Å². The van der Waals surface area contributed by atoms with E-state index in [1.54, 1.807) is 19.9 Å². The van der Waals surface area contributed by atoms with Crippen LogP contribution in [0.25, 0.3) is 0 Å². The standard InChI is InChI=1S/C9H13FN2O/c1-6-7(9(2,11)5-13)3-4-8(10)12-6/h3-4,13H,5,11H2,1-2H3. The normalized spacial score (nSPS) is 15.5. The lowest BCUT2D eigenvalue weighted by atomic mass is 9.93. The topological polar surface area (TPSA) is 59.1 Å². The first-order valence-electron chi connectivity index (χ1n) is 4.01. The Hall–Kier alpha value is -1.00. The van der Waals surface area contributed by atoms with Crippen LogP contribution in [-0.4, -0.2) is 16.7 Å². The lowest BCUT2D eigenvalue weighted by Crippen LogP contribution is -2.37. The molecule has 3 N–H and O–H groups in total. The Morgan fingerprint density at radius 1 is 1.62 bits per heavy atom. The highest BCUT2D eigenvalue weighted by Crippen LogP contribution is 2.19. The third kappa shape index (κ3) is 2.02. The summed E-state index contributed by atoms with van der Waals surface area (Å²) in [6, 6.07) is 2.79. The van der Waals surface area contributed by atoms with Crippen molar-refractivity contribution in [3.63, 3.8) is 0 Å². The summed E-state index contributed by atoms with van der Waals surface area (Å²) in [5.74, 6) is -0.532. The highest BCUT2D eigenvalue weighted by atomic mass is 19.1. The zero-order valence-electron chi connectivity index (χ0n) is 7.71.